The summed E-state index contributed by atoms with van der Waals surface area (Å²) in [5.41, 5.74) is 2.08. The lowest BCUT2D eigenvalue weighted by Gasteiger charge is -2.27. The van der Waals surface area contributed by atoms with Gasteiger partial charge in [-0.15, -0.1) is 11.3 Å². The van der Waals surface area contributed by atoms with Gasteiger partial charge >= 0.3 is 0 Å². The highest BCUT2D eigenvalue weighted by Crippen LogP contribution is 2.31. The maximum absolute atomic E-state index is 12.6. The van der Waals surface area contributed by atoms with Crippen molar-refractivity contribution in [3.8, 4) is 0 Å². The number of nitrogens with one attached hydrogen (secondary N) is 2. The van der Waals surface area contributed by atoms with Crippen molar-refractivity contribution < 1.29 is 13.2 Å². The average molecular weight is 499 g/mol. The van der Waals surface area contributed by atoms with Crippen LogP contribution in [-0.4, -0.2) is 20.9 Å². The van der Waals surface area contributed by atoms with Crippen molar-refractivity contribution >= 4 is 48.9 Å². The van der Waals surface area contributed by atoms with E-state index in [9.17, 15) is 13.2 Å². The lowest BCUT2D eigenvalue weighted by Crippen LogP contribution is -2.33. The highest BCUT2D eigenvalue weighted by molar-refractivity contribution is 9.11. The van der Waals surface area contributed by atoms with Crippen LogP contribution in [0.1, 0.15) is 51.0 Å². The number of rotatable bonds is 7. The molecular formula is C21H27BrN2O3S2. The van der Waals surface area contributed by atoms with Gasteiger partial charge in [0.15, 0.2) is 0 Å². The average Bonchev–Trinajstić information content (AvgIpc) is 3.14. The molecule has 1 aliphatic carbocycles. The summed E-state index contributed by atoms with van der Waals surface area (Å²) in [6.07, 6.45) is 3.27. The summed E-state index contributed by atoms with van der Waals surface area (Å²) in [6.45, 7) is 4.71. The van der Waals surface area contributed by atoms with Crippen LogP contribution in [0.3, 0.4) is 0 Å². The minimum atomic E-state index is -3.46. The van der Waals surface area contributed by atoms with Gasteiger partial charge in [0, 0.05) is 18.2 Å². The van der Waals surface area contributed by atoms with E-state index in [2.05, 4.69) is 51.9 Å². The van der Waals surface area contributed by atoms with E-state index in [1.807, 2.05) is 12.1 Å². The summed E-state index contributed by atoms with van der Waals surface area (Å²) < 4.78 is 28.5. The van der Waals surface area contributed by atoms with Crippen molar-refractivity contribution in [2.75, 3.05) is 11.9 Å². The van der Waals surface area contributed by atoms with E-state index < -0.39 is 10.0 Å². The monoisotopic (exact) mass is 498 g/mol. The summed E-state index contributed by atoms with van der Waals surface area (Å²) >= 11 is 4.50. The molecule has 0 radical (unpaired) electrons. The third kappa shape index (κ3) is 6.13. The molecule has 0 unspecified atom stereocenters. The van der Waals surface area contributed by atoms with Gasteiger partial charge in [-0.3, -0.25) is 4.79 Å². The van der Waals surface area contributed by atoms with Crippen LogP contribution in [0.2, 0.25) is 0 Å². The molecule has 0 atom stereocenters. The smallest absolute Gasteiger partial charge is 0.250 e. The Morgan fingerprint density at radius 1 is 1.10 bits per heavy atom. The van der Waals surface area contributed by atoms with Gasteiger partial charge < -0.3 is 5.32 Å². The fourth-order valence-corrected chi connectivity index (χ4v) is 6.74. The molecular weight excluding hydrogens is 472 g/mol. The predicted molar refractivity (Wildman–Crippen MR) is 122 cm³/mol. The fourth-order valence-electron chi connectivity index (χ4n) is 3.57. The van der Waals surface area contributed by atoms with Gasteiger partial charge in [0.05, 0.1) is 3.79 Å². The van der Waals surface area contributed by atoms with Crippen molar-refractivity contribution in [2.24, 2.45) is 11.8 Å². The number of thiophene rings is 1. The molecule has 3 rings (SSSR count). The Labute approximate surface area is 185 Å². The molecule has 0 aliphatic heterocycles. The highest BCUT2D eigenvalue weighted by Gasteiger charge is 2.27. The number of benzene rings is 1. The molecule has 0 bridgehead atoms. The van der Waals surface area contributed by atoms with Gasteiger partial charge in [0.1, 0.15) is 4.21 Å². The van der Waals surface area contributed by atoms with Gasteiger partial charge in [0.25, 0.3) is 0 Å². The van der Waals surface area contributed by atoms with E-state index in [1.165, 1.54) is 16.9 Å². The summed E-state index contributed by atoms with van der Waals surface area (Å²) in [6, 6.07) is 11.4. The molecule has 1 amide bonds. The second kappa shape index (κ2) is 9.73. The first-order valence-corrected chi connectivity index (χ1v) is 13.0. The fraction of sp³-hybridized carbons (Fsp3) is 0.476. The Hall–Kier alpha value is -1.22. The van der Waals surface area contributed by atoms with Crippen LogP contribution in [0.5, 0.6) is 0 Å². The van der Waals surface area contributed by atoms with E-state index in [-0.39, 0.29) is 17.7 Å². The number of hydrogen-bond acceptors (Lipinski definition) is 4. The second-order valence-electron chi connectivity index (χ2n) is 7.89. The standard InChI is InChI=1S/C21H27BrN2O3S2/c1-14(2)16-7-9-18(10-8-16)24-21(25)17-5-3-15(4-6-17)13-23-29(26,27)20-12-11-19(22)28-20/h7-12,14-15,17,23H,3-6,13H2,1-2H3,(H,24,25). The predicted octanol–water partition coefficient (Wildman–Crippen LogP) is 5.36. The lowest BCUT2D eigenvalue weighted by molar-refractivity contribution is -0.121. The molecule has 158 valence electrons. The number of carbonyl (C=O) groups is 1. The Balaban J connectivity index is 1.45. The van der Waals surface area contributed by atoms with Crippen molar-refractivity contribution in [1.82, 2.24) is 4.72 Å². The summed E-state index contributed by atoms with van der Waals surface area (Å²) in [5, 5.41) is 3.02. The molecule has 2 aromatic rings. The van der Waals surface area contributed by atoms with E-state index in [1.54, 1.807) is 12.1 Å². The maximum Gasteiger partial charge on any atom is 0.250 e. The summed E-state index contributed by atoms with van der Waals surface area (Å²) in [7, 11) is -3.46. The molecule has 1 aromatic heterocycles. The van der Waals surface area contributed by atoms with Crippen LogP contribution < -0.4 is 10.0 Å². The first-order valence-electron chi connectivity index (χ1n) is 9.90. The quantitative estimate of drug-likeness (QED) is 0.539. The zero-order chi connectivity index (χ0) is 21.0. The van der Waals surface area contributed by atoms with Crippen molar-refractivity contribution in [2.45, 2.75) is 49.7 Å². The molecule has 1 fully saturated rings. The molecule has 1 aliphatic rings. The zero-order valence-electron chi connectivity index (χ0n) is 16.7. The maximum atomic E-state index is 12.6. The van der Waals surface area contributed by atoms with Crippen LogP contribution in [0, 0.1) is 11.8 Å². The van der Waals surface area contributed by atoms with Gasteiger partial charge in [-0.2, -0.15) is 0 Å². The minimum absolute atomic E-state index is 0.0131. The largest absolute Gasteiger partial charge is 0.326 e. The van der Waals surface area contributed by atoms with Crippen molar-refractivity contribution in [3.05, 3.63) is 45.7 Å². The Bertz CT molecular complexity index is 931. The molecule has 1 heterocycles. The van der Waals surface area contributed by atoms with Crippen molar-refractivity contribution in [1.29, 1.82) is 0 Å². The normalized spacial score (nSPS) is 20.0. The first-order chi connectivity index (χ1) is 13.7. The Morgan fingerprint density at radius 3 is 2.31 bits per heavy atom. The molecule has 1 saturated carbocycles. The molecule has 8 heteroatoms. The van der Waals surface area contributed by atoms with Crippen LogP contribution in [0.25, 0.3) is 0 Å². The number of carbonyl (C=O) groups excluding carboxylic acids is 1. The Morgan fingerprint density at radius 2 is 1.76 bits per heavy atom. The molecule has 5 nitrogen and oxygen atoms in total. The third-order valence-corrected chi connectivity index (χ3v) is 8.98. The summed E-state index contributed by atoms with van der Waals surface area (Å²) in [5.74, 6) is 0.780. The van der Waals surface area contributed by atoms with Crippen molar-refractivity contribution in [3.63, 3.8) is 0 Å². The van der Waals surface area contributed by atoms with E-state index >= 15 is 0 Å². The van der Waals surface area contributed by atoms with E-state index in [0.29, 0.717) is 16.7 Å². The first kappa shape index (κ1) is 22.5. The molecule has 29 heavy (non-hydrogen) atoms. The minimum Gasteiger partial charge on any atom is -0.326 e. The molecule has 1 aromatic carbocycles. The number of halogens is 1. The van der Waals surface area contributed by atoms with Crippen LogP contribution >= 0.6 is 27.3 Å². The zero-order valence-corrected chi connectivity index (χ0v) is 19.9. The number of anilines is 1. The third-order valence-electron chi connectivity index (χ3n) is 5.44. The number of sulfonamides is 1. The topological polar surface area (TPSA) is 75.3 Å². The molecule has 2 N–H and O–H groups in total. The number of amides is 1. The highest BCUT2D eigenvalue weighted by atomic mass is 79.9. The van der Waals surface area contributed by atoms with Crippen LogP contribution in [0.4, 0.5) is 5.69 Å². The molecule has 0 saturated heterocycles. The lowest BCUT2D eigenvalue weighted by atomic mass is 9.81. The van der Waals surface area contributed by atoms with Gasteiger partial charge in [-0.05, 0) is 83.3 Å². The number of hydrogen-bond donors (Lipinski definition) is 2. The second-order valence-corrected chi connectivity index (χ2v) is 12.4. The van der Waals surface area contributed by atoms with Crippen LogP contribution in [0.15, 0.2) is 44.4 Å². The van der Waals surface area contributed by atoms with E-state index in [0.717, 1.165) is 35.2 Å². The van der Waals surface area contributed by atoms with Crippen LogP contribution in [-0.2, 0) is 14.8 Å². The van der Waals surface area contributed by atoms with Gasteiger partial charge in [-0.25, -0.2) is 13.1 Å². The van der Waals surface area contributed by atoms with E-state index in [4.69, 9.17) is 0 Å². The Kier molecular flexibility index (Phi) is 7.53. The van der Waals surface area contributed by atoms with Gasteiger partial charge in [0.2, 0.25) is 15.9 Å². The molecule has 0 spiro atoms. The van der Waals surface area contributed by atoms with Gasteiger partial charge in [-0.1, -0.05) is 26.0 Å². The SMILES string of the molecule is CC(C)c1ccc(NC(=O)C2CCC(CNS(=O)(=O)c3ccc(Br)s3)CC2)cc1. The summed E-state index contributed by atoms with van der Waals surface area (Å²) in [4.78, 5) is 12.6.